The van der Waals surface area contributed by atoms with Crippen molar-refractivity contribution < 1.29 is 19.6 Å². The van der Waals surface area contributed by atoms with Gasteiger partial charge in [-0.3, -0.25) is 14.9 Å². The lowest BCUT2D eigenvalue weighted by atomic mass is 10.0. The van der Waals surface area contributed by atoms with Gasteiger partial charge in [-0.05, 0) is 36.4 Å². The topological polar surface area (TPSA) is 132 Å². The smallest absolute Gasteiger partial charge is 0.295 e. The van der Waals surface area contributed by atoms with E-state index in [9.17, 15) is 14.9 Å². The van der Waals surface area contributed by atoms with E-state index in [-0.39, 0.29) is 11.4 Å². The van der Waals surface area contributed by atoms with Gasteiger partial charge in [-0.1, -0.05) is 23.4 Å². The summed E-state index contributed by atoms with van der Waals surface area (Å²) in [5.41, 5.74) is 1.59. The van der Waals surface area contributed by atoms with Crippen LogP contribution in [0.2, 0.25) is 0 Å². The first kappa shape index (κ1) is 23.9. The van der Waals surface area contributed by atoms with Crippen LogP contribution in [-0.2, 0) is 4.74 Å². The van der Waals surface area contributed by atoms with Gasteiger partial charge >= 0.3 is 0 Å². The fraction of sp³-hybridized carbons (Fsp3) is 0.192. The van der Waals surface area contributed by atoms with E-state index in [1.54, 1.807) is 54.6 Å². The van der Waals surface area contributed by atoms with Gasteiger partial charge in [0.05, 0.1) is 42.5 Å². The molecule has 0 unspecified atom stereocenters. The van der Waals surface area contributed by atoms with E-state index in [1.807, 2.05) is 4.90 Å². The number of hydrogen-bond donors (Lipinski definition) is 1. The van der Waals surface area contributed by atoms with Gasteiger partial charge in [-0.25, -0.2) is 0 Å². The van der Waals surface area contributed by atoms with Gasteiger partial charge in [-0.2, -0.15) is 9.78 Å². The van der Waals surface area contributed by atoms with Crippen LogP contribution < -0.4 is 15.2 Å². The third-order valence-corrected chi connectivity index (χ3v) is 6.21. The van der Waals surface area contributed by atoms with Crippen molar-refractivity contribution in [1.82, 2.24) is 9.78 Å². The number of morpholine rings is 1. The molecule has 37 heavy (non-hydrogen) atoms. The molecule has 5 rings (SSSR count). The van der Waals surface area contributed by atoms with Gasteiger partial charge in [0.1, 0.15) is 11.4 Å². The van der Waals surface area contributed by atoms with E-state index in [4.69, 9.17) is 14.7 Å². The van der Waals surface area contributed by atoms with Crippen molar-refractivity contribution in [3.63, 3.8) is 0 Å². The number of oxime groups is 1. The lowest BCUT2D eigenvalue weighted by molar-refractivity contribution is -0.384. The first-order valence-corrected chi connectivity index (χ1v) is 11.5. The molecule has 0 radical (unpaired) electrons. The molecule has 0 bridgehead atoms. The Hall–Kier alpha value is -4.77. The molecule has 0 atom stereocenters. The molecule has 1 aliphatic heterocycles. The van der Waals surface area contributed by atoms with Gasteiger partial charge in [0.25, 0.3) is 11.2 Å². The minimum Gasteiger partial charge on any atom is -0.497 e. The van der Waals surface area contributed by atoms with E-state index < -0.39 is 10.5 Å². The monoisotopic (exact) mass is 501 g/mol. The van der Waals surface area contributed by atoms with Crippen LogP contribution in [0.3, 0.4) is 0 Å². The maximum Gasteiger partial charge on any atom is 0.295 e. The highest BCUT2D eigenvalue weighted by Crippen LogP contribution is 2.32. The summed E-state index contributed by atoms with van der Waals surface area (Å²) >= 11 is 0. The Balaban J connectivity index is 1.79. The Bertz CT molecular complexity index is 1580. The molecule has 0 aliphatic carbocycles. The standard InChI is InChI=1S/C26H23N5O6/c1-36-20-13-17(16-27-33)12-18(14-20)25-21-4-2-3-5-22(21)26(32)30(28-25)24-15-19(6-7-23(24)31(34)35)29-8-10-37-11-9-29/h2-7,12-16,33H,8-11H2,1H3/b27-16+. The van der Waals surface area contributed by atoms with Crippen LogP contribution in [0.5, 0.6) is 5.75 Å². The zero-order valence-corrected chi connectivity index (χ0v) is 19.9. The molecule has 0 amide bonds. The first-order chi connectivity index (χ1) is 18.0. The average Bonchev–Trinajstić information content (AvgIpc) is 2.93. The number of benzene rings is 3. The van der Waals surface area contributed by atoms with Crippen LogP contribution in [0, 0.1) is 10.1 Å². The fourth-order valence-corrected chi connectivity index (χ4v) is 4.44. The Morgan fingerprint density at radius 3 is 2.57 bits per heavy atom. The highest BCUT2D eigenvalue weighted by atomic mass is 16.6. The largest absolute Gasteiger partial charge is 0.497 e. The Labute approximate surface area is 210 Å². The number of methoxy groups -OCH3 is 1. The summed E-state index contributed by atoms with van der Waals surface area (Å²) in [6.07, 6.45) is 1.25. The van der Waals surface area contributed by atoms with E-state index in [0.29, 0.717) is 59.6 Å². The number of nitro benzene ring substituents is 1. The van der Waals surface area contributed by atoms with E-state index in [2.05, 4.69) is 10.3 Å². The van der Waals surface area contributed by atoms with Crippen molar-refractivity contribution >= 4 is 28.4 Å². The van der Waals surface area contributed by atoms with Crippen LogP contribution in [0.4, 0.5) is 11.4 Å². The molecule has 188 valence electrons. The molecule has 11 nitrogen and oxygen atoms in total. The second-order valence-electron chi connectivity index (χ2n) is 8.38. The second-order valence-corrected chi connectivity index (χ2v) is 8.38. The summed E-state index contributed by atoms with van der Waals surface area (Å²) in [6, 6.07) is 16.8. The summed E-state index contributed by atoms with van der Waals surface area (Å²) in [5, 5.41) is 29.7. The van der Waals surface area contributed by atoms with Gasteiger partial charge in [0.15, 0.2) is 0 Å². The molecule has 1 fully saturated rings. The summed E-state index contributed by atoms with van der Waals surface area (Å²) in [7, 11) is 1.51. The normalized spacial score (nSPS) is 13.8. The van der Waals surface area contributed by atoms with Crippen molar-refractivity contribution in [2.24, 2.45) is 5.16 Å². The lowest BCUT2D eigenvalue weighted by Gasteiger charge is -2.29. The van der Waals surface area contributed by atoms with E-state index in [0.717, 1.165) is 10.4 Å². The van der Waals surface area contributed by atoms with E-state index in [1.165, 1.54) is 19.4 Å². The molecule has 1 saturated heterocycles. The van der Waals surface area contributed by atoms with Crippen LogP contribution >= 0.6 is 0 Å². The Morgan fingerprint density at radius 1 is 1.11 bits per heavy atom. The summed E-state index contributed by atoms with van der Waals surface area (Å²) in [6.45, 7) is 2.34. The van der Waals surface area contributed by atoms with E-state index >= 15 is 0 Å². The predicted octanol–water partition coefficient (Wildman–Crippen LogP) is 3.61. The number of nitro groups is 1. The van der Waals surface area contributed by atoms with Crippen molar-refractivity contribution in [2.45, 2.75) is 0 Å². The minimum absolute atomic E-state index is 0.0611. The summed E-state index contributed by atoms with van der Waals surface area (Å²) < 4.78 is 11.9. The number of ether oxygens (including phenoxy) is 2. The highest BCUT2D eigenvalue weighted by Gasteiger charge is 2.23. The summed E-state index contributed by atoms with van der Waals surface area (Å²) in [5.74, 6) is 0.483. The third-order valence-electron chi connectivity index (χ3n) is 6.21. The molecule has 11 heteroatoms. The number of hydrogen-bond acceptors (Lipinski definition) is 9. The number of rotatable bonds is 6. The zero-order valence-electron chi connectivity index (χ0n) is 19.9. The SMILES string of the molecule is COc1cc(/C=N/O)cc(-c2nn(-c3cc(N4CCOCC4)ccc3[N+](=O)[O-])c(=O)c3ccccc23)c1. The molecule has 2 heterocycles. The molecule has 3 aromatic carbocycles. The van der Waals surface area contributed by atoms with Gasteiger partial charge in [0.2, 0.25) is 0 Å². The number of aromatic nitrogens is 2. The molecular formula is C26H23N5O6. The molecule has 1 aromatic heterocycles. The van der Waals surface area contributed by atoms with Crippen LogP contribution in [0.25, 0.3) is 27.7 Å². The number of fused-ring (bicyclic) bond motifs is 1. The predicted molar refractivity (Wildman–Crippen MR) is 138 cm³/mol. The van der Waals surface area contributed by atoms with Crippen molar-refractivity contribution in [3.8, 4) is 22.7 Å². The third kappa shape index (κ3) is 4.59. The van der Waals surface area contributed by atoms with Crippen LogP contribution in [-0.4, -0.2) is 59.5 Å². The molecule has 0 spiro atoms. The molecule has 1 N–H and O–H groups in total. The minimum atomic E-state index is -0.525. The number of anilines is 1. The molecular weight excluding hydrogens is 478 g/mol. The maximum atomic E-state index is 13.6. The van der Waals surface area contributed by atoms with Crippen molar-refractivity contribution in [2.75, 3.05) is 38.3 Å². The first-order valence-electron chi connectivity index (χ1n) is 11.5. The van der Waals surface area contributed by atoms with Crippen molar-refractivity contribution in [1.29, 1.82) is 0 Å². The second kappa shape index (κ2) is 10.1. The lowest BCUT2D eigenvalue weighted by Crippen LogP contribution is -2.36. The van der Waals surface area contributed by atoms with Crippen molar-refractivity contribution in [3.05, 3.63) is 86.7 Å². The summed E-state index contributed by atoms with van der Waals surface area (Å²) in [4.78, 5) is 27.1. The Kier molecular flexibility index (Phi) is 6.52. The molecule has 4 aromatic rings. The van der Waals surface area contributed by atoms with Crippen LogP contribution in [0.15, 0.2) is 70.6 Å². The fourth-order valence-electron chi connectivity index (χ4n) is 4.44. The van der Waals surface area contributed by atoms with Gasteiger partial charge in [-0.15, -0.1) is 0 Å². The molecule has 0 saturated carbocycles. The number of nitrogens with zero attached hydrogens (tertiary/aromatic N) is 5. The van der Waals surface area contributed by atoms with Crippen LogP contribution in [0.1, 0.15) is 5.56 Å². The zero-order chi connectivity index (χ0) is 25.9. The molecule has 1 aliphatic rings. The highest BCUT2D eigenvalue weighted by molar-refractivity contribution is 5.95. The Morgan fingerprint density at radius 2 is 1.86 bits per heavy atom. The van der Waals surface area contributed by atoms with Gasteiger partial charge in [0, 0.05) is 41.4 Å². The van der Waals surface area contributed by atoms with Gasteiger partial charge < -0.3 is 19.6 Å². The average molecular weight is 501 g/mol. The maximum absolute atomic E-state index is 13.6. The quantitative estimate of drug-likeness (QED) is 0.183.